The quantitative estimate of drug-likeness (QED) is 0.484. The average Bonchev–Trinajstić information content (AvgIpc) is 2.83. The lowest BCUT2D eigenvalue weighted by molar-refractivity contribution is -0.116. The summed E-state index contributed by atoms with van der Waals surface area (Å²) in [5.41, 5.74) is 4.41. The normalized spacial score (nSPS) is 12.6. The molecule has 0 aliphatic carbocycles. The van der Waals surface area contributed by atoms with Crippen molar-refractivity contribution in [1.82, 2.24) is 0 Å². The van der Waals surface area contributed by atoms with Gasteiger partial charge in [0.25, 0.3) is 5.91 Å². The molecule has 0 aromatic heterocycles. The molecule has 3 aromatic rings. The molecule has 3 aromatic carbocycles. The first kappa shape index (κ1) is 23.2. The minimum Gasteiger partial charge on any atom is -0.371 e. The van der Waals surface area contributed by atoms with Gasteiger partial charge in [0, 0.05) is 47.7 Å². The Hall–Kier alpha value is -4.00. The lowest BCUT2D eigenvalue weighted by Crippen LogP contribution is -2.33. The van der Waals surface area contributed by atoms with Gasteiger partial charge >= 0.3 is 0 Å². The van der Waals surface area contributed by atoms with Crippen molar-refractivity contribution in [3.8, 4) is 0 Å². The fraction of sp³-hybridized carbons (Fsp3) is 0.222. The average molecular weight is 460 g/mol. The van der Waals surface area contributed by atoms with Crippen LogP contribution in [0.15, 0.2) is 66.7 Å². The Morgan fingerprint density at radius 2 is 1.62 bits per heavy atom. The van der Waals surface area contributed by atoms with Crippen molar-refractivity contribution in [2.24, 2.45) is 0 Å². The van der Waals surface area contributed by atoms with Gasteiger partial charge in [0.05, 0.1) is 0 Å². The minimum absolute atomic E-state index is 0.0186. The number of fused-ring (bicyclic) bond motifs is 1. The van der Waals surface area contributed by atoms with Crippen molar-refractivity contribution in [3.05, 3.63) is 89.2 Å². The van der Waals surface area contributed by atoms with Gasteiger partial charge in [-0.3, -0.25) is 14.4 Å². The molecule has 1 aliphatic heterocycles. The third kappa shape index (κ3) is 5.49. The Morgan fingerprint density at radius 3 is 2.32 bits per heavy atom. The first-order valence-electron chi connectivity index (χ1n) is 11.3. The lowest BCUT2D eigenvalue weighted by atomic mass is 9.99. The number of rotatable bonds is 7. The van der Waals surface area contributed by atoms with Gasteiger partial charge in [-0.1, -0.05) is 6.07 Å². The molecule has 2 N–H and O–H groups in total. The molecule has 0 saturated heterocycles. The maximum Gasteiger partial charge on any atom is 0.255 e. The summed E-state index contributed by atoms with van der Waals surface area (Å²) in [5, 5.41) is 5.82. The van der Waals surface area contributed by atoms with Crippen LogP contribution in [0.1, 0.15) is 46.0 Å². The molecular weight excluding hydrogens is 433 g/mol. The van der Waals surface area contributed by atoms with E-state index < -0.39 is 0 Å². The third-order valence-electron chi connectivity index (χ3n) is 5.89. The molecule has 0 spiro atoms. The molecule has 6 nitrogen and oxygen atoms in total. The standard InChI is InChI=1S/C27H26FN3O3/c1-18(32)19-9-13-22(14-10-19)29-26(33)15-17-31-16-3-4-23-24(5-2-6-25(23)31)30-27(34)20-7-11-21(28)12-8-20/h2,5-14H,3-4,15-17H2,1H3,(H,29,33)(H,30,34). The van der Waals surface area contributed by atoms with Crippen LogP contribution in [0.5, 0.6) is 0 Å². The van der Waals surface area contributed by atoms with Crippen LogP contribution in [-0.4, -0.2) is 30.7 Å². The van der Waals surface area contributed by atoms with Crippen LogP contribution < -0.4 is 15.5 Å². The fourth-order valence-corrected chi connectivity index (χ4v) is 4.09. The number of anilines is 3. The van der Waals surface area contributed by atoms with E-state index >= 15 is 0 Å². The first-order valence-corrected chi connectivity index (χ1v) is 11.3. The molecular formula is C27H26FN3O3. The van der Waals surface area contributed by atoms with Crippen LogP contribution in [0.3, 0.4) is 0 Å². The highest BCUT2D eigenvalue weighted by atomic mass is 19.1. The first-order chi connectivity index (χ1) is 16.4. The number of carbonyl (C=O) groups is 3. The highest BCUT2D eigenvalue weighted by molar-refractivity contribution is 6.05. The number of hydrogen-bond acceptors (Lipinski definition) is 4. The molecule has 0 saturated carbocycles. The summed E-state index contributed by atoms with van der Waals surface area (Å²) >= 11 is 0. The number of amides is 2. The summed E-state index contributed by atoms with van der Waals surface area (Å²) in [5.74, 6) is -0.805. The van der Waals surface area contributed by atoms with Gasteiger partial charge in [0.2, 0.25) is 5.91 Å². The number of halogens is 1. The molecule has 0 fully saturated rings. The number of Topliss-reactive ketones (excluding diaryl/α,β-unsaturated/α-hetero) is 1. The van der Waals surface area contributed by atoms with Crippen LogP contribution in [0.25, 0.3) is 0 Å². The zero-order chi connectivity index (χ0) is 24.1. The number of ketones is 1. The highest BCUT2D eigenvalue weighted by Gasteiger charge is 2.21. The Balaban J connectivity index is 1.40. The van der Waals surface area contributed by atoms with E-state index in [0.29, 0.717) is 29.8 Å². The Labute approximate surface area is 197 Å². The molecule has 4 rings (SSSR count). The van der Waals surface area contributed by atoms with Crippen molar-refractivity contribution in [3.63, 3.8) is 0 Å². The number of nitrogens with zero attached hydrogens (tertiary/aromatic N) is 1. The molecule has 174 valence electrons. The van der Waals surface area contributed by atoms with E-state index in [1.54, 1.807) is 24.3 Å². The van der Waals surface area contributed by atoms with E-state index in [2.05, 4.69) is 15.5 Å². The Bertz CT molecular complexity index is 1210. The van der Waals surface area contributed by atoms with Crippen LogP contribution in [0, 0.1) is 5.82 Å². The molecule has 0 bridgehead atoms. The second-order valence-electron chi connectivity index (χ2n) is 8.29. The van der Waals surface area contributed by atoms with E-state index in [1.165, 1.54) is 31.2 Å². The number of hydrogen-bond donors (Lipinski definition) is 2. The predicted molar refractivity (Wildman–Crippen MR) is 131 cm³/mol. The van der Waals surface area contributed by atoms with Gasteiger partial charge in [0.15, 0.2) is 5.78 Å². The van der Waals surface area contributed by atoms with Crippen molar-refractivity contribution in [2.45, 2.75) is 26.2 Å². The van der Waals surface area contributed by atoms with Crippen LogP contribution in [0.4, 0.5) is 21.5 Å². The van der Waals surface area contributed by atoms with E-state index in [0.717, 1.165) is 36.3 Å². The minimum atomic E-state index is -0.388. The Morgan fingerprint density at radius 1 is 0.912 bits per heavy atom. The number of benzene rings is 3. The van der Waals surface area contributed by atoms with Crippen LogP contribution in [-0.2, 0) is 11.2 Å². The van der Waals surface area contributed by atoms with E-state index in [9.17, 15) is 18.8 Å². The SMILES string of the molecule is CC(=O)c1ccc(NC(=O)CCN2CCCc3c(NC(=O)c4ccc(F)cc4)cccc32)cc1. The molecule has 0 atom stereocenters. The van der Waals surface area contributed by atoms with Gasteiger partial charge in [-0.05, 0) is 86.0 Å². The molecule has 0 unspecified atom stereocenters. The number of carbonyl (C=O) groups excluding carboxylic acids is 3. The summed E-state index contributed by atoms with van der Waals surface area (Å²) in [6, 6.07) is 18.0. The van der Waals surface area contributed by atoms with Gasteiger partial charge in [-0.15, -0.1) is 0 Å². The second-order valence-corrected chi connectivity index (χ2v) is 8.29. The van der Waals surface area contributed by atoms with Crippen molar-refractivity contribution < 1.29 is 18.8 Å². The highest BCUT2D eigenvalue weighted by Crippen LogP contribution is 2.33. The summed E-state index contributed by atoms with van der Waals surface area (Å²) in [7, 11) is 0. The van der Waals surface area contributed by atoms with Gasteiger partial charge in [-0.25, -0.2) is 4.39 Å². The van der Waals surface area contributed by atoms with Gasteiger partial charge in [-0.2, -0.15) is 0 Å². The third-order valence-corrected chi connectivity index (χ3v) is 5.89. The van der Waals surface area contributed by atoms with E-state index in [-0.39, 0.29) is 23.4 Å². The Kier molecular flexibility index (Phi) is 7.01. The van der Waals surface area contributed by atoms with Crippen molar-refractivity contribution in [2.75, 3.05) is 28.6 Å². The summed E-state index contributed by atoms with van der Waals surface area (Å²) in [6.07, 6.45) is 2.03. The van der Waals surface area contributed by atoms with E-state index in [1.807, 2.05) is 18.2 Å². The van der Waals surface area contributed by atoms with Gasteiger partial charge < -0.3 is 15.5 Å². The van der Waals surface area contributed by atoms with Crippen LogP contribution >= 0.6 is 0 Å². The second kappa shape index (κ2) is 10.3. The molecule has 34 heavy (non-hydrogen) atoms. The van der Waals surface area contributed by atoms with Crippen molar-refractivity contribution >= 4 is 34.7 Å². The largest absolute Gasteiger partial charge is 0.371 e. The number of nitrogens with one attached hydrogen (secondary N) is 2. The molecule has 1 aliphatic rings. The fourth-order valence-electron chi connectivity index (χ4n) is 4.09. The maximum absolute atomic E-state index is 13.2. The van der Waals surface area contributed by atoms with Crippen LogP contribution in [0.2, 0.25) is 0 Å². The summed E-state index contributed by atoms with van der Waals surface area (Å²) < 4.78 is 13.2. The smallest absolute Gasteiger partial charge is 0.255 e. The lowest BCUT2D eigenvalue weighted by Gasteiger charge is -2.32. The molecule has 7 heteroatoms. The maximum atomic E-state index is 13.2. The molecule has 0 radical (unpaired) electrons. The predicted octanol–water partition coefficient (Wildman–Crippen LogP) is 5.06. The summed E-state index contributed by atoms with van der Waals surface area (Å²) in [6.45, 7) is 2.87. The zero-order valence-corrected chi connectivity index (χ0v) is 18.9. The molecule has 2 amide bonds. The topological polar surface area (TPSA) is 78.5 Å². The zero-order valence-electron chi connectivity index (χ0n) is 18.9. The molecule has 1 heterocycles. The van der Waals surface area contributed by atoms with E-state index in [4.69, 9.17) is 0 Å². The van der Waals surface area contributed by atoms with Crippen molar-refractivity contribution in [1.29, 1.82) is 0 Å². The van der Waals surface area contributed by atoms with Gasteiger partial charge in [0.1, 0.15) is 5.82 Å². The summed E-state index contributed by atoms with van der Waals surface area (Å²) in [4.78, 5) is 38.7. The monoisotopic (exact) mass is 459 g/mol.